The second-order valence-corrected chi connectivity index (χ2v) is 17.5. The fourth-order valence-corrected chi connectivity index (χ4v) is 11.6. The number of ketones is 1. The van der Waals surface area contributed by atoms with Gasteiger partial charge >= 0.3 is 0 Å². The molecule has 2 nitrogen and oxygen atoms in total. The second-order valence-electron chi connectivity index (χ2n) is 17.5. The average molecular weight is 794 g/mol. The van der Waals surface area contributed by atoms with Gasteiger partial charge in [-0.3, -0.25) is 4.79 Å². The van der Waals surface area contributed by atoms with Gasteiger partial charge in [-0.1, -0.05) is 208 Å². The van der Waals surface area contributed by atoms with Gasteiger partial charge in [0.2, 0.25) is 0 Å². The highest BCUT2D eigenvalue weighted by Crippen LogP contribution is 2.66. The van der Waals surface area contributed by atoms with Crippen molar-refractivity contribution in [2.75, 3.05) is 4.90 Å². The van der Waals surface area contributed by atoms with Crippen LogP contribution in [0.1, 0.15) is 85.4 Å². The van der Waals surface area contributed by atoms with Crippen LogP contribution in [0.2, 0.25) is 0 Å². The molecule has 0 fully saturated rings. The molecule has 0 aromatic heterocycles. The van der Waals surface area contributed by atoms with Crippen LogP contribution in [0.15, 0.2) is 224 Å². The van der Waals surface area contributed by atoms with Gasteiger partial charge in [0.25, 0.3) is 0 Å². The summed E-state index contributed by atoms with van der Waals surface area (Å²) in [5, 5.41) is 0. The molecule has 1 unspecified atom stereocenters. The third kappa shape index (κ3) is 4.78. The Balaban J connectivity index is 1.29. The molecule has 3 aliphatic rings. The zero-order chi connectivity index (χ0) is 41.6. The number of carbonyl (C=O) groups excluding carboxylic acids is 1. The summed E-state index contributed by atoms with van der Waals surface area (Å²) in [7, 11) is 0. The number of carbonyl (C=O) groups is 1. The van der Waals surface area contributed by atoms with E-state index in [-0.39, 0.29) is 11.2 Å². The Morgan fingerprint density at radius 2 is 0.855 bits per heavy atom. The van der Waals surface area contributed by atoms with Gasteiger partial charge in [-0.15, -0.1) is 0 Å². The maximum atomic E-state index is 14.5. The molecule has 62 heavy (non-hydrogen) atoms. The number of hydrogen-bond donors (Lipinski definition) is 0. The van der Waals surface area contributed by atoms with Crippen LogP contribution in [0.5, 0.6) is 0 Å². The maximum Gasteiger partial charge on any atom is 0.193 e. The highest BCUT2D eigenvalue weighted by Gasteiger charge is 2.58. The molecule has 1 aliphatic heterocycles. The molecule has 1 heterocycles. The van der Waals surface area contributed by atoms with Gasteiger partial charge in [0.05, 0.1) is 22.2 Å². The van der Waals surface area contributed by atoms with Gasteiger partial charge in [-0.2, -0.15) is 0 Å². The molecular weight excluding hydrogens is 751 g/mol. The standard InChI is InChI=1S/C60H43NO/c1-58(2)50-33-19-20-34-55(50)61(44-27-13-6-14-28-44)56-39-53-52(38-54(56)58)59(42-23-9-4-10-24-42,43-25-11-5-12-26-43)48-31-17-18-32-49(48)60(53)47-30-16-15-29-45(47)46-36-35-41(37-51(46)60)57(62)40-21-7-3-8-22-40/h3-39H,1-2H3. The number of para-hydroxylation sites is 2. The van der Waals surface area contributed by atoms with Crippen LogP contribution in [0.4, 0.5) is 17.1 Å². The molecule has 1 atom stereocenters. The Morgan fingerprint density at radius 1 is 0.355 bits per heavy atom. The van der Waals surface area contributed by atoms with E-state index in [1.807, 2.05) is 36.4 Å². The summed E-state index contributed by atoms with van der Waals surface area (Å²) in [6, 6.07) is 81.4. The van der Waals surface area contributed by atoms with E-state index in [1.54, 1.807) is 0 Å². The highest BCUT2D eigenvalue weighted by atomic mass is 16.1. The smallest absolute Gasteiger partial charge is 0.193 e. The highest BCUT2D eigenvalue weighted by molar-refractivity contribution is 6.10. The van der Waals surface area contributed by atoms with Gasteiger partial charge < -0.3 is 4.90 Å². The molecular formula is C60H43NO. The lowest BCUT2D eigenvalue weighted by molar-refractivity contribution is 0.103. The first-order valence-electron chi connectivity index (χ1n) is 21.6. The van der Waals surface area contributed by atoms with Crippen molar-refractivity contribution in [2.24, 2.45) is 0 Å². The number of nitrogens with zero attached hydrogens (tertiary/aromatic N) is 1. The minimum absolute atomic E-state index is 0.0193. The Bertz CT molecular complexity index is 3180. The van der Waals surface area contributed by atoms with E-state index in [2.05, 4.69) is 207 Å². The molecule has 0 N–H and O–H groups in total. The number of anilines is 3. The van der Waals surface area contributed by atoms with Crippen molar-refractivity contribution in [1.29, 1.82) is 0 Å². The third-order valence-corrected chi connectivity index (χ3v) is 14.2. The van der Waals surface area contributed by atoms with E-state index >= 15 is 0 Å². The molecule has 294 valence electrons. The minimum Gasteiger partial charge on any atom is -0.310 e. The summed E-state index contributed by atoms with van der Waals surface area (Å²) >= 11 is 0. The van der Waals surface area contributed by atoms with Gasteiger partial charge in [0, 0.05) is 22.2 Å². The maximum absolute atomic E-state index is 14.5. The van der Waals surface area contributed by atoms with Gasteiger partial charge in [0.1, 0.15) is 0 Å². The van der Waals surface area contributed by atoms with E-state index in [9.17, 15) is 4.79 Å². The fourth-order valence-electron chi connectivity index (χ4n) is 11.6. The van der Waals surface area contributed by atoms with Crippen molar-refractivity contribution in [3.05, 3.63) is 291 Å². The summed E-state index contributed by atoms with van der Waals surface area (Å²) in [5.74, 6) is 0.0193. The third-order valence-electron chi connectivity index (χ3n) is 14.2. The first-order valence-corrected chi connectivity index (χ1v) is 21.6. The fraction of sp³-hybridized carbons (Fsp3) is 0.0833. The predicted octanol–water partition coefficient (Wildman–Crippen LogP) is 14.1. The lowest BCUT2D eigenvalue weighted by atomic mass is 9.50. The van der Waals surface area contributed by atoms with Gasteiger partial charge in [0.15, 0.2) is 5.78 Å². The predicted molar refractivity (Wildman–Crippen MR) is 252 cm³/mol. The molecule has 0 saturated heterocycles. The molecule has 0 amide bonds. The first-order chi connectivity index (χ1) is 30.4. The van der Waals surface area contributed by atoms with Crippen LogP contribution in [0.25, 0.3) is 11.1 Å². The van der Waals surface area contributed by atoms with E-state index in [0.717, 1.165) is 22.5 Å². The van der Waals surface area contributed by atoms with Crippen LogP contribution in [-0.2, 0) is 16.2 Å². The molecule has 0 saturated carbocycles. The van der Waals surface area contributed by atoms with Crippen molar-refractivity contribution in [3.8, 4) is 11.1 Å². The van der Waals surface area contributed by atoms with E-state index in [0.29, 0.717) is 11.1 Å². The van der Waals surface area contributed by atoms with Crippen molar-refractivity contribution in [1.82, 2.24) is 0 Å². The van der Waals surface area contributed by atoms with E-state index < -0.39 is 10.8 Å². The number of hydrogen-bond acceptors (Lipinski definition) is 2. The zero-order valence-electron chi connectivity index (χ0n) is 34.7. The Hall–Kier alpha value is -7.55. The first kappa shape index (κ1) is 36.3. The monoisotopic (exact) mass is 793 g/mol. The topological polar surface area (TPSA) is 20.3 Å². The summed E-state index contributed by atoms with van der Waals surface area (Å²) in [6.07, 6.45) is 0. The van der Waals surface area contributed by atoms with Gasteiger partial charge in [-0.25, -0.2) is 0 Å². The second kappa shape index (κ2) is 13.5. The molecule has 12 rings (SSSR count). The molecule has 0 bridgehead atoms. The minimum atomic E-state index is -0.781. The van der Waals surface area contributed by atoms with Gasteiger partial charge in [-0.05, 0) is 97.1 Å². The molecule has 9 aromatic carbocycles. The van der Waals surface area contributed by atoms with E-state index in [4.69, 9.17) is 0 Å². The Labute approximate surface area is 363 Å². The molecule has 2 heteroatoms. The van der Waals surface area contributed by atoms with E-state index in [1.165, 1.54) is 61.3 Å². The average Bonchev–Trinajstić information content (AvgIpc) is 3.63. The van der Waals surface area contributed by atoms with Crippen LogP contribution in [-0.4, -0.2) is 5.78 Å². The number of fused-ring (bicyclic) bond motifs is 11. The van der Waals surface area contributed by atoms with Crippen LogP contribution >= 0.6 is 0 Å². The lowest BCUT2D eigenvalue weighted by Gasteiger charge is -2.52. The zero-order valence-corrected chi connectivity index (χ0v) is 34.7. The summed E-state index contributed by atoms with van der Waals surface area (Å²) < 4.78 is 0. The Kier molecular flexibility index (Phi) is 7.89. The van der Waals surface area contributed by atoms with Crippen molar-refractivity contribution >= 4 is 22.8 Å². The van der Waals surface area contributed by atoms with Crippen molar-refractivity contribution in [3.63, 3.8) is 0 Å². The molecule has 1 spiro atoms. The van der Waals surface area contributed by atoms with Crippen molar-refractivity contribution in [2.45, 2.75) is 30.1 Å². The number of rotatable bonds is 5. The summed E-state index contributed by atoms with van der Waals surface area (Å²) in [6.45, 7) is 4.78. The van der Waals surface area contributed by atoms with Crippen LogP contribution in [0, 0.1) is 0 Å². The molecule has 9 aromatic rings. The quantitative estimate of drug-likeness (QED) is 0.162. The SMILES string of the molecule is CC1(C)c2ccccc2N(c2ccccc2)c2cc3c(cc21)C(c1ccccc1)(c1ccccc1)c1ccccc1C31c2ccccc2-c2ccc(C(=O)c3ccccc3)cc21. The van der Waals surface area contributed by atoms with Crippen molar-refractivity contribution < 1.29 is 4.79 Å². The molecule has 2 aliphatic carbocycles. The van der Waals surface area contributed by atoms with Crippen LogP contribution in [0.3, 0.4) is 0 Å². The molecule has 0 radical (unpaired) electrons. The Morgan fingerprint density at radius 3 is 1.52 bits per heavy atom. The van der Waals surface area contributed by atoms with Crippen LogP contribution < -0.4 is 4.90 Å². The number of benzene rings is 9. The summed E-state index contributed by atoms with van der Waals surface area (Å²) in [4.78, 5) is 17.0. The summed E-state index contributed by atoms with van der Waals surface area (Å²) in [5.41, 5.74) is 17.6. The normalized spacial score (nSPS) is 16.9. The largest absolute Gasteiger partial charge is 0.310 e. The lowest BCUT2D eigenvalue weighted by Crippen LogP contribution is -2.45.